The Kier molecular flexibility index (Phi) is 5.00. The van der Waals surface area contributed by atoms with E-state index in [2.05, 4.69) is 52.1 Å². The van der Waals surface area contributed by atoms with E-state index in [1.165, 1.54) is 12.8 Å². The van der Waals surface area contributed by atoms with Gasteiger partial charge >= 0.3 is 7.12 Å². The highest BCUT2D eigenvalue weighted by molar-refractivity contribution is 6.62. The van der Waals surface area contributed by atoms with Crippen molar-refractivity contribution < 1.29 is 14.1 Å². The van der Waals surface area contributed by atoms with Gasteiger partial charge in [-0.15, -0.1) is 0 Å². The molecule has 5 heteroatoms. The topological polar surface area (TPSA) is 47.6 Å². The molecule has 1 N–H and O–H groups in total. The fraction of sp³-hybridized carbons (Fsp3) is 0.650. The van der Waals surface area contributed by atoms with E-state index in [0.29, 0.717) is 6.54 Å². The van der Waals surface area contributed by atoms with Crippen LogP contribution >= 0.6 is 0 Å². The van der Waals surface area contributed by atoms with Crippen molar-refractivity contribution in [1.29, 1.82) is 0 Å². The van der Waals surface area contributed by atoms with Crippen LogP contribution in [0.1, 0.15) is 64.5 Å². The lowest BCUT2D eigenvalue weighted by molar-refractivity contribution is -0.124. The Morgan fingerprint density at radius 3 is 2.32 bits per heavy atom. The minimum Gasteiger partial charge on any atom is -0.399 e. The summed E-state index contributed by atoms with van der Waals surface area (Å²) < 4.78 is 12.2. The number of nitrogens with one attached hydrogen (secondary N) is 1. The van der Waals surface area contributed by atoms with E-state index in [1.54, 1.807) is 0 Å². The first-order chi connectivity index (χ1) is 11.7. The molecule has 1 amide bonds. The predicted octanol–water partition coefficient (Wildman–Crippen LogP) is 3.10. The predicted molar refractivity (Wildman–Crippen MR) is 101 cm³/mol. The molecule has 1 saturated carbocycles. The lowest BCUT2D eigenvalue weighted by Gasteiger charge is -2.32. The number of carbonyl (C=O) groups excluding carboxylic acids is 1. The molecule has 1 aliphatic carbocycles. The lowest BCUT2D eigenvalue weighted by Crippen LogP contribution is -2.41. The fourth-order valence-electron chi connectivity index (χ4n) is 3.56. The van der Waals surface area contributed by atoms with E-state index in [4.69, 9.17) is 9.31 Å². The maximum absolute atomic E-state index is 12.2. The first-order valence-electron chi connectivity index (χ1n) is 9.42. The quantitative estimate of drug-likeness (QED) is 0.855. The standard InChI is InChI=1S/C20H30BNO3/c1-14-12-17(21-24-19(2,3)20(4,5)25-21)11-10-16(14)13-22-18(23)15-8-6-7-9-15/h10-12,15H,6-9,13H2,1-5H3,(H,22,23). The van der Waals surface area contributed by atoms with Gasteiger partial charge in [-0.2, -0.15) is 0 Å². The van der Waals surface area contributed by atoms with Crippen molar-refractivity contribution >= 4 is 18.5 Å². The van der Waals surface area contributed by atoms with Gasteiger partial charge in [0.15, 0.2) is 0 Å². The van der Waals surface area contributed by atoms with Crippen LogP contribution in [0, 0.1) is 12.8 Å². The Labute approximate surface area is 151 Å². The summed E-state index contributed by atoms with van der Waals surface area (Å²) in [5.41, 5.74) is 2.66. The van der Waals surface area contributed by atoms with Crippen molar-refractivity contribution in [3.8, 4) is 0 Å². The summed E-state index contributed by atoms with van der Waals surface area (Å²) in [5, 5.41) is 3.10. The Balaban J connectivity index is 1.64. The summed E-state index contributed by atoms with van der Waals surface area (Å²) in [7, 11) is -0.342. The lowest BCUT2D eigenvalue weighted by atomic mass is 9.78. The second-order valence-corrected chi connectivity index (χ2v) is 8.47. The molecule has 1 aromatic rings. The number of hydrogen-bond acceptors (Lipinski definition) is 3. The van der Waals surface area contributed by atoms with E-state index < -0.39 is 0 Å². The third-order valence-corrected chi connectivity index (χ3v) is 6.07. The van der Waals surface area contributed by atoms with Crippen molar-refractivity contribution in [1.82, 2.24) is 5.32 Å². The monoisotopic (exact) mass is 343 g/mol. The Morgan fingerprint density at radius 2 is 1.76 bits per heavy atom. The summed E-state index contributed by atoms with van der Waals surface area (Å²) in [4.78, 5) is 12.2. The molecule has 0 unspecified atom stereocenters. The molecule has 1 saturated heterocycles. The van der Waals surface area contributed by atoms with Gasteiger partial charge in [0.25, 0.3) is 0 Å². The molecule has 25 heavy (non-hydrogen) atoms. The molecule has 0 spiro atoms. The first kappa shape index (κ1) is 18.5. The number of hydrogen-bond donors (Lipinski definition) is 1. The summed E-state index contributed by atoms with van der Waals surface area (Å²) in [6.07, 6.45) is 4.43. The number of aryl methyl sites for hydroxylation is 1. The van der Waals surface area contributed by atoms with Crippen molar-refractivity contribution in [2.24, 2.45) is 5.92 Å². The third kappa shape index (κ3) is 3.77. The molecule has 0 bridgehead atoms. The van der Waals surface area contributed by atoms with E-state index >= 15 is 0 Å². The van der Waals surface area contributed by atoms with Crippen LogP contribution < -0.4 is 10.8 Å². The molecule has 136 valence electrons. The van der Waals surface area contributed by atoms with Gasteiger partial charge in [0, 0.05) is 12.5 Å². The summed E-state index contributed by atoms with van der Waals surface area (Å²) in [6, 6.07) is 6.23. The van der Waals surface area contributed by atoms with E-state index in [0.717, 1.165) is 29.4 Å². The van der Waals surface area contributed by atoms with Crippen LogP contribution in [0.2, 0.25) is 0 Å². The van der Waals surface area contributed by atoms with Crippen LogP contribution in [0.15, 0.2) is 18.2 Å². The van der Waals surface area contributed by atoms with Gasteiger partial charge in [0.05, 0.1) is 11.2 Å². The van der Waals surface area contributed by atoms with Gasteiger partial charge in [-0.3, -0.25) is 4.79 Å². The van der Waals surface area contributed by atoms with Crippen molar-refractivity contribution in [3.05, 3.63) is 29.3 Å². The molecule has 4 nitrogen and oxygen atoms in total. The SMILES string of the molecule is Cc1cc(B2OC(C)(C)C(C)(C)O2)ccc1CNC(=O)C1CCCC1. The summed E-state index contributed by atoms with van der Waals surface area (Å²) >= 11 is 0. The molecule has 1 aromatic carbocycles. The molecule has 0 radical (unpaired) electrons. The number of carbonyl (C=O) groups is 1. The molecule has 2 fully saturated rings. The largest absolute Gasteiger partial charge is 0.494 e. The molecule has 1 aliphatic heterocycles. The normalized spacial score (nSPS) is 22.4. The van der Waals surface area contributed by atoms with Gasteiger partial charge in [-0.05, 0) is 64.1 Å². The molecule has 1 heterocycles. The second kappa shape index (κ2) is 6.77. The summed E-state index contributed by atoms with van der Waals surface area (Å²) in [5.74, 6) is 0.413. The van der Waals surface area contributed by atoms with Gasteiger partial charge < -0.3 is 14.6 Å². The van der Waals surface area contributed by atoms with Gasteiger partial charge in [0.2, 0.25) is 5.91 Å². The maximum Gasteiger partial charge on any atom is 0.494 e. The Bertz CT molecular complexity index is 634. The molecular formula is C20H30BNO3. The zero-order valence-corrected chi connectivity index (χ0v) is 16.1. The van der Waals surface area contributed by atoms with Gasteiger partial charge in [-0.25, -0.2) is 0 Å². The van der Waals surface area contributed by atoms with Gasteiger partial charge in [0.1, 0.15) is 0 Å². The molecule has 0 atom stereocenters. The summed E-state index contributed by atoms with van der Waals surface area (Å²) in [6.45, 7) is 10.9. The number of rotatable bonds is 4. The van der Waals surface area contributed by atoms with Crippen LogP contribution in [0.4, 0.5) is 0 Å². The van der Waals surface area contributed by atoms with Crippen LogP contribution in [-0.2, 0) is 20.6 Å². The van der Waals surface area contributed by atoms with E-state index in [9.17, 15) is 4.79 Å². The second-order valence-electron chi connectivity index (χ2n) is 8.47. The highest BCUT2D eigenvalue weighted by Crippen LogP contribution is 2.36. The fourth-order valence-corrected chi connectivity index (χ4v) is 3.56. The minimum atomic E-state index is -0.342. The highest BCUT2D eigenvalue weighted by atomic mass is 16.7. The number of benzene rings is 1. The Morgan fingerprint density at radius 1 is 1.16 bits per heavy atom. The van der Waals surface area contributed by atoms with Crippen molar-refractivity contribution in [3.63, 3.8) is 0 Å². The van der Waals surface area contributed by atoms with Crippen molar-refractivity contribution in [2.45, 2.75) is 78.0 Å². The number of amides is 1. The zero-order valence-electron chi connectivity index (χ0n) is 16.1. The van der Waals surface area contributed by atoms with Crippen molar-refractivity contribution in [2.75, 3.05) is 0 Å². The van der Waals surface area contributed by atoms with Crippen LogP contribution in [0.5, 0.6) is 0 Å². The first-order valence-corrected chi connectivity index (χ1v) is 9.42. The Hall–Kier alpha value is -1.33. The highest BCUT2D eigenvalue weighted by Gasteiger charge is 2.51. The van der Waals surface area contributed by atoms with Crippen LogP contribution in [0.25, 0.3) is 0 Å². The average Bonchev–Trinajstić information content (AvgIpc) is 3.13. The smallest absolute Gasteiger partial charge is 0.399 e. The third-order valence-electron chi connectivity index (χ3n) is 6.07. The van der Waals surface area contributed by atoms with Crippen LogP contribution in [-0.4, -0.2) is 24.2 Å². The minimum absolute atomic E-state index is 0.201. The maximum atomic E-state index is 12.2. The molecular weight excluding hydrogens is 313 g/mol. The zero-order chi connectivity index (χ0) is 18.2. The van der Waals surface area contributed by atoms with E-state index in [-0.39, 0.29) is 30.1 Å². The molecule has 2 aliphatic rings. The molecule has 3 rings (SSSR count). The van der Waals surface area contributed by atoms with E-state index in [1.807, 2.05) is 6.07 Å². The van der Waals surface area contributed by atoms with Crippen LogP contribution in [0.3, 0.4) is 0 Å². The molecule has 0 aromatic heterocycles. The van der Waals surface area contributed by atoms with Gasteiger partial charge in [-0.1, -0.05) is 31.0 Å². The average molecular weight is 343 g/mol.